The first-order valence-electron chi connectivity index (χ1n) is 7.01. The summed E-state index contributed by atoms with van der Waals surface area (Å²) >= 11 is 0. The molecule has 0 saturated carbocycles. The van der Waals surface area contributed by atoms with Gasteiger partial charge in [0.1, 0.15) is 5.82 Å². The van der Waals surface area contributed by atoms with Crippen LogP contribution in [-0.4, -0.2) is 36.1 Å². The maximum atomic E-state index is 12.1. The average molecular weight is 293 g/mol. The molecule has 0 unspecified atom stereocenters. The fraction of sp³-hybridized carbons (Fsp3) is 0.533. The normalized spacial score (nSPS) is 11.0. The molecule has 0 radical (unpaired) electrons. The second kappa shape index (κ2) is 7.06. The van der Waals surface area contributed by atoms with Crippen molar-refractivity contribution in [1.82, 2.24) is 4.98 Å². The highest BCUT2D eigenvalue weighted by Gasteiger charge is 2.37. The second-order valence-electron chi connectivity index (χ2n) is 5.32. The molecular weight excluding hydrogens is 270 g/mol. The van der Waals surface area contributed by atoms with Crippen LogP contribution in [0.4, 0.5) is 11.5 Å². The summed E-state index contributed by atoms with van der Waals surface area (Å²) in [7, 11) is 3.76. The Morgan fingerprint density at radius 3 is 2.29 bits per heavy atom. The number of carbonyl (C=O) groups is 2. The monoisotopic (exact) mass is 293 g/mol. The molecule has 0 fully saturated rings. The lowest BCUT2D eigenvalue weighted by molar-refractivity contribution is -0.151. The highest BCUT2D eigenvalue weighted by Crippen LogP contribution is 2.31. The van der Waals surface area contributed by atoms with Crippen molar-refractivity contribution in [2.24, 2.45) is 5.41 Å². The minimum atomic E-state index is -0.999. The van der Waals surface area contributed by atoms with E-state index in [1.165, 1.54) is 0 Å². The topological polar surface area (TPSA) is 82.5 Å². The van der Waals surface area contributed by atoms with Crippen LogP contribution in [0.2, 0.25) is 0 Å². The van der Waals surface area contributed by atoms with Gasteiger partial charge in [-0.25, -0.2) is 4.98 Å². The summed E-state index contributed by atoms with van der Waals surface area (Å²) < 4.78 is 0. The van der Waals surface area contributed by atoms with Gasteiger partial charge in [-0.05, 0) is 25.0 Å². The van der Waals surface area contributed by atoms with Gasteiger partial charge in [0.15, 0.2) is 0 Å². The van der Waals surface area contributed by atoms with Gasteiger partial charge in [-0.1, -0.05) is 13.8 Å². The minimum Gasteiger partial charge on any atom is -0.481 e. The number of rotatable bonds is 7. The van der Waals surface area contributed by atoms with Crippen molar-refractivity contribution in [2.45, 2.75) is 33.1 Å². The molecule has 21 heavy (non-hydrogen) atoms. The predicted octanol–water partition coefficient (Wildman–Crippen LogP) is 2.37. The zero-order chi connectivity index (χ0) is 16.0. The van der Waals surface area contributed by atoms with Gasteiger partial charge in [0.2, 0.25) is 5.91 Å². The Kier molecular flexibility index (Phi) is 5.69. The number of nitrogens with one attached hydrogen (secondary N) is 1. The van der Waals surface area contributed by atoms with Gasteiger partial charge in [0, 0.05) is 20.5 Å². The third kappa shape index (κ3) is 4.18. The van der Waals surface area contributed by atoms with Gasteiger partial charge in [-0.2, -0.15) is 0 Å². The van der Waals surface area contributed by atoms with E-state index in [0.29, 0.717) is 18.5 Å². The number of carboxylic acid groups (broad SMARTS) is 1. The summed E-state index contributed by atoms with van der Waals surface area (Å²) in [4.78, 5) is 29.5. The van der Waals surface area contributed by atoms with E-state index in [1.807, 2.05) is 19.0 Å². The molecule has 0 spiro atoms. The highest BCUT2D eigenvalue weighted by molar-refractivity contribution is 5.94. The van der Waals surface area contributed by atoms with Crippen LogP contribution in [0.15, 0.2) is 18.3 Å². The Hall–Kier alpha value is -2.11. The number of aliphatic carboxylic acids is 1. The Morgan fingerprint density at radius 2 is 1.90 bits per heavy atom. The van der Waals surface area contributed by atoms with Crippen molar-refractivity contribution in [1.29, 1.82) is 0 Å². The molecule has 1 heterocycles. The van der Waals surface area contributed by atoms with Crippen LogP contribution in [0.25, 0.3) is 0 Å². The molecule has 1 rings (SSSR count). The van der Waals surface area contributed by atoms with Crippen molar-refractivity contribution in [2.75, 3.05) is 24.3 Å². The van der Waals surface area contributed by atoms with Gasteiger partial charge >= 0.3 is 5.97 Å². The quantitative estimate of drug-likeness (QED) is 0.806. The number of pyridine rings is 1. The molecule has 1 aromatic rings. The fourth-order valence-corrected chi connectivity index (χ4v) is 2.12. The van der Waals surface area contributed by atoms with Gasteiger partial charge in [-0.3, -0.25) is 9.59 Å². The summed E-state index contributed by atoms with van der Waals surface area (Å²) in [6.45, 7) is 3.58. The van der Waals surface area contributed by atoms with E-state index in [0.717, 1.165) is 5.82 Å². The summed E-state index contributed by atoms with van der Waals surface area (Å²) in [5.74, 6) is -0.445. The molecule has 0 aliphatic carbocycles. The minimum absolute atomic E-state index is 0.0369. The molecular formula is C15H23N3O3. The molecule has 0 saturated heterocycles. The number of aromatic nitrogens is 1. The maximum Gasteiger partial charge on any atom is 0.310 e. The van der Waals surface area contributed by atoms with Crippen LogP contribution in [0, 0.1) is 5.41 Å². The third-order valence-corrected chi connectivity index (χ3v) is 3.80. The number of anilines is 2. The average Bonchev–Trinajstić information content (AvgIpc) is 2.45. The molecule has 116 valence electrons. The van der Waals surface area contributed by atoms with Crippen molar-refractivity contribution in [3.63, 3.8) is 0 Å². The molecule has 6 nitrogen and oxygen atoms in total. The lowest BCUT2D eigenvalue weighted by Crippen LogP contribution is -2.34. The van der Waals surface area contributed by atoms with Gasteiger partial charge in [-0.15, -0.1) is 0 Å². The van der Waals surface area contributed by atoms with E-state index < -0.39 is 11.4 Å². The van der Waals surface area contributed by atoms with Gasteiger partial charge in [0.25, 0.3) is 0 Å². The maximum absolute atomic E-state index is 12.1. The summed E-state index contributed by atoms with van der Waals surface area (Å²) in [5.41, 5.74) is -0.432. The van der Waals surface area contributed by atoms with E-state index in [-0.39, 0.29) is 12.3 Å². The van der Waals surface area contributed by atoms with E-state index in [4.69, 9.17) is 0 Å². The third-order valence-electron chi connectivity index (χ3n) is 3.80. The second-order valence-corrected chi connectivity index (χ2v) is 5.32. The standard InChI is InChI=1S/C15H23N3O3/c1-5-15(6-2,14(20)21)9-13(19)17-11-7-8-12(16-10-11)18(3)4/h7-8,10H,5-6,9H2,1-4H3,(H,17,19)(H,20,21). The summed E-state index contributed by atoms with van der Waals surface area (Å²) in [6.07, 6.45) is 2.37. The molecule has 0 aliphatic rings. The van der Waals surface area contributed by atoms with E-state index in [2.05, 4.69) is 10.3 Å². The van der Waals surface area contributed by atoms with Crippen LogP contribution in [0.5, 0.6) is 0 Å². The molecule has 0 bridgehead atoms. The number of nitrogens with zero attached hydrogens (tertiary/aromatic N) is 2. The zero-order valence-electron chi connectivity index (χ0n) is 13.0. The number of carbonyl (C=O) groups excluding carboxylic acids is 1. The first-order chi connectivity index (χ1) is 9.84. The fourth-order valence-electron chi connectivity index (χ4n) is 2.12. The number of carboxylic acids is 1. The molecule has 6 heteroatoms. The predicted molar refractivity (Wildman–Crippen MR) is 82.5 cm³/mol. The molecule has 1 aromatic heterocycles. The van der Waals surface area contributed by atoms with Crippen molar-refractivity contribution < 1.29 is 14.7 Å². The molecule has 1 amide bonds. The van der Waals surface area contributed by atoms with Crippen LogP contribution in [-0.2, 0) is 9.59 Å². The molecule has 2 N–H and O–H groups in total. The van der Waals surface area contributed by atoms with E-state index >= 15 is 0 Å². The van der Waals surface area contributed by atoms with Crippen LogP contribution < -0.4 is 10.2 Å². The zero-order valence-corrected chi connectivity index (χ0v) is 13.0. The van der Waals surface area contributed by atoms with Gasteiger partial charge < -0.3 is 15.3 Å². The molecule has 0 aliphatic heterocycles. The largest absolute Gasteiger partial charge is 0.481 e. The van der Waals surface area contributed by atoms with Gasteiger partial charge in [0.05, 0.1) is 17.3 Å². The van der Waals surface area contributed by atoms with Crippen molar-refractivity contribution in [3.05, 3.63) is 18.3 Å². The Balaban J connectivity index is 2.74. The Bertz CT molecular complexity index is 493. The number of amides is 1. The van der Waals surface area contributed by atoms with E-state index in [9.17, 15) is 14.7 Å². The highest BCUT2D eigenvalue weighted by atomic mass is 16.4. The first kappa shape index (κ1) is 16.9. The van der Waals surface area contributed by atoms with Crippen LogP contribution >= 0.6 is 0 Å². The van der Waals surface area contributed by atoms with Crippen molar-refractivity contribution in [3.8, 4) is 0 Å². The first-order valence-corrected chi connectivity index (χ1v) is 7.01. The SMILES string of the molecule is CCC(CC)(CC(=O)Nc1ccc(N(C)C)nc1)C(=O)O. The molecule has 0 atom stereocenters. The lowest BCUT2D eigenvalue weighted by atomic mass is 9.79. The number of hydrogen-bond donors (Lipinski definition) is 2. The van der Waals surface area contributed by atoms with Crippen molar-refractivity contribution >= 4 is 23.4 Å². The van der Waals surface area contributed by atoms with E-state index in [1.54, 1.807) is 32.2 Å². The Labute approximate surface area is 125 Å². The summed E-state index contributed by atoms with van der Waals surface area (Å²) in [5, 5.41) is 12.0. The summed E-state index contributed by atoms with van der Waals surface area (Å²) in [6, 6.07) is 3.54. The van der Waals surface area contributed by atoms with Crippen LogP contribution in [0.1, 0.15) is 33.1 Å². The lowest BCUT2D eigenvalue weighted by Gasteiger charge is -2.25. The molecule has 0 aromatic carbocycles. The smallest absolute Gasteiger partial charge is 0.310 e. The Morgan fingerprint density at radius 1 is 1.29 bits per heavy atom. The number of hydrogen-bond acceptors (Lipinski definition) is 4. The van der Waals surface area contributed by atoms with Crippen LogP contribution in [0.3, 0.4) is 0 Å².